The van der Waals surface area contributed by atoms with Crippen LogP contribution in [-0.4, -0.2) is 52.9 Å². The lowest BCUT2D eigenvalue weighted by molar-refractivity contribution is -0.133. The Morgan fingerprint density at radius 3 is 2.85 bits per heavy atom. The van der Waals surface area contributed by atoms with Gasteiger partial charge in [0.25, 0.3) is 5.56 Å². The fourth-order valence-corrected chi connectivity index (χ4v) is 5.35. The maximum absolute atomic E-state index is 12.7. The van der Waals surface area contributed by atoms with E-state index in [4.69, 9.17) is 4.42 Å². The van der Waals surface area contributed by atoms with Crippen LogP contribution in [0.4, 0.5) is 0 Å². The van der Waals surface area contributed by atoms with E-state index in [1.807, 2.05) is 18.2 Å². The van der Waals surface area contributed by atoms with Crippen LogP contribution in [0, 0.1) is 0 Å². The normalized spacial score (nSPS) is 18.9. The van der Waals surface area contributed by atoms with Gasteiger partial charge in [0.05, 0.1) is 17.8 Å². The van der Waals surface area contributed by atoms with Crippen LogP contribution >= 0.6 is 0 Å². The summed E-state index contributed by atoms with van der Waals surface area (Å²) in [5, 5.41) is 0.745. The molecule has 0 spiro atoms. The summed E-state index contributed by atoms with van der Waals surface area (Å²) in [5.74, 6) is -0.241. The smallest absolute Gasteiger partial charge is 0.297 e. The molecule has 3 heterocycles. The maximum atomic E-state index is 12.7. The van der Waals surface area contributed by atoms with E-state index >= 15 is 0 Å². The molecule has 0 bridgehead atoms. The van der Waals surface area contributed by atoms with Crippen molar-refractivity contribution in [1.82, 2.24) is 14.5 Å². The van der Waals surface area contributed by atoms with Gasteiger partial charge in [-0.1, -0.05) is 12.1 Å². The first-order valence-corrected chi connectivity index (χ1v) is 10.6. The highest BCUT2D eigenvalue weighted by atomic mass is 32.2. The number of sulfone groups is 1. The van der Waals surface area contributed by atoms with E-state index in [-0.39, 0.29) is 35.6 Å². The van der Waals surface area contributed by atoms with Gasteiger partial charge < -0.3 is 9.32 Å². The molecule has 0 radical (unpaired) electrons. The van der Waals surface area contributed by atoms with Crippen LogP contribution in [0.15, 0.2) is 39.8 Å². The number of aromatic nitrogens is 2. The van der Waals surface area contributed by atoms with Gasteiger partial charge in [0.15, 0.2) is 9.84 Å². The molecule has 1 aliphatic heterocycles. The zero-order valence-corrected chi connectivity index (χ0v) is 15.6. The second-order valence-electron chi connectivity index (χ2n) is 6.69. The average molecular weight is 389 g/mol. The first kappa shape index (κ1) is 17.7. The molecule has 1 atom stereocenters. The Bertz CT molecular complexity index is 1190. The van der Waals surface area contributed by atoms with Gasteiger partial charge in [-0.05, 0) is 25.5 Å². The van der Waals surface area contributed by atoms with Gasteiger partial charge in [0, 0.05) is 18.0 Å². The number of para-hydroxylation sites is 1. The molecule has 0 aliphatic carbocycles. The molecule has 9 heteroatoms. The van der Waals surface area contributed by atoms with Gasteiger partial charge in [0.1, 0.15) is 17.6 Å². The summed E-state index contributed by atoms with van der Waals surface area (Å²) in [7, 11) is -3.10. The summed E-state index contributed by atoms with van der Waals surface area (Å²) < 4.78 is 30.3. The molecule has 0 unspecified atom stereocenters. The molecule has 3 aromatic rings. The average Bonchev–Trinajstić information content (AvgIpc) is 3.18. The topological polar surface area (TPSA) is 102 Å². The van der Waals surface area contributed by atoms with Crippen molar-refractivity contribution >= 4 is 37.8 Å². The third-order valence-corrected chi connectivity index (χ3v) is 6.72. The molecule has 1 aliphatic rings. The lowest BCUT2D eigenvalue weighted by Crippen LogP contribution is -2.43. The van der Waals surface area contributed by atoms with Crippen molar-refractivity contribution in [3.05, 3.63) is 40.9 Å². The largest absolute Gasteiger partial charge is 0.448 e. The quantitative estimate of drug-likeness (QED) is 0.664. The van der Waals surface area contributed by atoms with Crippen LogP contribution in [0.1, 0.15) is 13.3 Å². The van der Waals surface area contributed by atoms with Crippen LogP contribution in [-0.2, 0) is 21.2 Å². The monoisotopic (exact) mass is 389 g/mol. The van der Waals surface area contributed by atoms with E-state index in [1.54, 1.807) is 13.0 Å². The molecule has 1 saturated heterocycles. The van der Waals surface area contributed by atoms with E-state index < -0.39 is 15.4 Å². The molecule has 0 saturated carbocycles. The van der Waals surface area contributed by atoms with E-state index in [0.717, 1.165) is 5.39 Å². The van der Waals surface area contributed by atoms with Crippen LogP contribution < -0.4 is 5.56 Å². The molecule has 142 valence electrons. The first-order valence-electron chi connectivity index (χ1n) is 8.76. The second kappa shape index (κ2) is 6.49. The van der Waals surface area contributed by atoms with Crippen LogP contribution in [0.3, 0.4) is 0 Å². The van der Waals surface area contributed by atoms with E-state index in [9.17, 15) is 18.0 Å². The number of nitrogens with zero attached hydrogens (tertiary/aromatic N) is 3. The summed E-state index contributed by atoms with van der Waals surface area (Å²) in [6.07, 6.45) is 1.77. The van der Waals surface area contributed by atoms with E-state index in [1.165, 1.54) is 15.8 Å². The van der Waals surface area contributed by atoms with Crippen molar-refractivity contribution < 1.29 is 17.6 Å². The molecule has 2 aromatic heterocycles. The SMILES string of the molecule is CCN(C(=O)Cn1cnc2c(oc3ccccc32)c1=O)[C@@H]1CCS(=O)(=O)C1. The fourth-order valence-electron chi connectivity index (χ4n) is 3.62. The van der Waals surface area contributed by atoms with Crippen molar-refractivity contribution in [3.63, 3.8) is 0 Å². The number of furan rings is 1. The van der Waals surface area contributed by atoms with Gasteiger partial charge in [-0.2, -0.15) is 0 Å². The Hall–Kier alpha value is -2.68. The number of carbonyl (C=O) groups excluding carboxylic acids is 1. The molecule has 4 rings (SSSR count). The molecule has 1 aromatic carbocycles. The summed E-state index contributed by atoms with van der Waals surface area (Å²) >= 11 is 0. The predicted octanol–water partition coefficient (Wildman–Crippen LogP) is 1.18. The van der Waals surface area contributed by atoms with E-state index in [2.05, 4.69) is 4.98 Å². The summed E-state index contributed by atoms with van der Waals surface area (Å²) in [6, 6.07) is 6.88. The van der Waals surface area contributed by atoms with Crippen LogP contribution in [0.25, 0.3) is 22.1 Å². The van der Waals surface area contributed by atoms with Gasteiger partial charge in [-0.3, -0.25) is 14.2 Å². The van der Waals surface area contributed by atoms with Crippen LogP contribution in [0.5, 0.6) is 0 Å². The molecule has 1 fully saturated rings. The minimum Gasteiger partial charge on any atom is -0.448 e. The number of hydrogen-bond acceptors (Lipinski definition) is 6. The predicted molar refractivity (Wildman–Crippen MR) is 100 cm³/mol. The highest BCUT2D eigenvalue weighted by Crippen LogP contribution is 2.24. The number of carbonyl (C=O) groups is 1. The van der Waals surface area contributed by atoms with Gasteiger partial charge in [-0.25, -0.2) is 13.4 Å². The van der Waals surface area contributed by atoms with Crippen molar-refractivity contribution in [2.24, 2.45) is 0 Å². The lowest BCUT2D eigenvalue weighted by Gasteiger charge is -2.27. The summed E-state index contributed by atoms with van der Waals surface area (Å²) in [6.45, 7) is 1.98. The van der Waals surface area contributed by atoms with Crippen molar-refractivity contribution in [3.8, 4) is 0 Å². The van der Waals surface area contributed by atoms with Crippen molar-refractivity contribution in [1.29, 1.82) is 0 Å². The first-order chi connectivity index (χ1) is 12.9. The zero-order chi connectivity index (χ0) is 19.2. The number of fused-ring (bicyclic) bond motifs is 3. The number of rotatable bonds is 4. The minimum atomic E-state index is -3.10. The Kier molecular flexibility index (Phi) is 4.26. The zero-order valence-electron chi connectivity index (χ0n) is 14.8. The van der Waals surface area contributed by atoms with Crippen LogP contribution in [0.2, 0.25) is 0 Å². The third kappa shape index (κ3) is 3.12. The minimum absolute atomic E-state index is 0.0255. The lowest BCUT2D eigenvalue weighted by atomic mass is 10.2. The Morgan fingerprint density at radius 2 is 2.15 bits per heavy atom. The number of benzene rings is 1. The van der Waals surface area contributed by atoms with Gasteiger partial charge in [0.2, 0.25) is 11.5 Å². The summed E-state index contributed by atoms with van der Waals surface area (Å²) in [4.78, 5) is 31.3. The standard InChI is InChI=1S/C18H19N3O5S/c1-2-21(12-7-8-27(24,25)10-12)15(22)9-20-11-19-16-13-5-3-4-6-14(13)26-17(16)18(20)23/h3-6,11-12H,2,7-10H2,1H3/t12-/m1/s1. The molecule has 1 amide bonds. The second-order valence-corrected chi connectivity index (χ2v) is 8.92. The molecular formula is C18H19N3O5S. The summed E-state index contributed by atoms with van der Waals surface area (Å²) in [5.41, 5.74) is 0.707. The third-order valence-electron chi connectivity index (χ3n) is 4.97. The van der Waals surface area contributed by atoms with Gasteiger partial charge in [-0.15, -0.1) is 0 Å². The fraction of sp³-hybridized carbons (Fsp3) is 0.389. The van der Waals surface area contributed by atoms with Gasteiger partial charge >= 0.3 is 0 Å². The maximum Gasteiger partial charge on any atom is 0.297 e. The number of amides is 1. The number of likely N-dealkylation sites (N-methyl/N-ethyl adjacent to an activating group) is 1. The Labute approximate surface area is 155 Å². The highest BCUT2D eigenvalue weighted by molar-refractivity contribution is 7.91. The van der Waals surface area contributed by atoms with E-state index in [0.29, 0.717) is 24.1 Å². The number of hydrogen-bond donors (Lipinski definition) is 0. The Balaban J connectivity index is 1.64. The molecular weight excluding hydrogens is 370 g/mol. The van der Waals surface area contributed by atoms with Crippen molar-refractivity contribution in [2.45, 2.75) is 25.9 Å². The highest BCUT2D eigenvalue weighted by Gasteiger charge is 2.34. The Morgan fingerprint density at radius 1 is 1.37 bits per heavy atom. The van der Waals surface area contributed by atoms with Crippen molar-refractivity contribution in [2.75, 3.05) is 18.1 Å². The molecule has 0 N–H and O–H groups in total. The molecule has 27 heavy (non-hydrogen) atoms. The molecule has 8 nitrogen and oxygen atoms in total.